The van der Waals surface area contributed by atoms with Crippen LogP contribution in [-0.4, -0.2) is 0 Å². The highest BCUT2D eigenvalue weighted by Crippen LogP contribution is 2.62. The maximum atomic E-state index is 6.16. The summed E-state index contributed by atoms with van der Waals surface area (Å²) in [5.41, 5.74) is 0. The van der Waals surface area contributed by atoms with Crippen LogP contribution in [0.3, 0.4) is 0 Å². The Morgan fingerprint density at radius 1 is 0.769 bits per heavy atom. The highest BCUT2D eigenvalue weighted by atomic mass is 35.5. The second-order valence-corrected chi connectivity index (χ2v) is 5.17. The predicted octanol–water partition coefficient (Wildman–Crippen LogP) is 2.97. The molecule has 1 fully saturated rings. The largest absolute Gasteiger partial charge is 0.0891 e. The first-order valence-corrected chi connectivity index (χ1v) is 5.48. The predicted molar refractivity (Wildman–Crippen MR) is 53.2 cm³/mol. The van der Waals surface area contributed by atoms with E-state index in [9.17, 15) is 0 Å². The minimum Gasteiger partial charge on any atom is -0.0891 e. The van der Waals surface area contributed by atoms with E-state index < -0.39 is 0 Å². The first-order chi connectivity index (χ1) is 6.36. The van der Waals surface area contributed by atoms with E-state index in [1.807, 2.05) is 0 Å². The zero-order valence-electron chi connectivity index (χ0n) is 7.23. The monoisotopic (exact) mass is 190 g/mol. The number of hydrogen-bond acceptors (Lipinski definition) is 0. The Labute approximate surface area is 83.0 Å². The molecule has 5 aliphatic carbocycles. The van der Waals surface area contributed by atoms with Crippen molar-refractivity contribution in [3.05, 3.63) is 35.4 Å². The molecule has 0 aromatic heterocycles. The molecule has 0 saturated heterocycles. The third-order valence-electron chi connectivity index (χ3n) is 4.39. The van der Waals surface area contributed by atoms with Gasteiger partial charge < -0.3 is 0 Å². The minimum atomic E-state index is 0.683. The van der Waals surface area contributed by atoms with Crippen molar-refractivity contribution in [2.24, 2.45) is 35.5 Å². The Morgan fingerprint density at radius 2 is 1.31 bits per heavy atom. The summed E-state index contributed by atoms with van der Waals surface area (Å²) >= 11 is 6.16. The van der Waals surface area contributed by atoms with Crippen molar-refractivity contribution in [3.8, 4) is 0 Å². The zero-order chi connectivity index (χ0) is 8.58. The Balaban J connectivity index is 1.86. The van der Waals surface area contributed by atoms with Crippen molar-refractivity contribution in [2.75, 3.05) is 0 Å². The van der Waals surface area contributed by atoms with Gasteiger partial charge in [-0.25, -0.2) is 0 Å². The summed E-state index contributed by atoms with van der Waals surface area (Å²) in [5, 5.41) is 1.13. The lowest BCUT2D eigenvalue weighted by Gasteiger charge is -2.58. The van der Waals surface area contributed by atoms with Crippen molar-refractivity contribution in [3.63, 3.8) is 0 Å². The lowest BCUT2D eigenvalue weighted by atomic mass is 9.47. The molecule has 0 spiro atoms. The van der Waals surface area contributed by atoms with E-state index in [2.05, 4.69) is 30.4 Å². The molecule has 1 saturated carbocycles. The Hall–Kier alpha value is -0.490. The Morgan fingerprint density at radius 3 is 2.00 bits per heavy atom. The molecule has 0 unspecified atom stereocenters. The highest BCUT2D eigenvalue weighted by Gasteiger charge is 2.55. The third-order valence-corrected chi connectivity index (χ3v) is 4.77. The first-order valence-electron chi connectivity index (χ1n) is 5.10. The maximum absolute atomic E-state index is 6.16. The molecule has 1 heteroatoms. The lowest BCUT2D eigenvalue weighted by molar-refractivity contribution is 0.0657. The van der Waals surface area contributed by atoms with Crippen LogP contribution in [0, 0.1) is 35.5 Å². The van der Waals surface area contributed by atoms with Crippen LogP contribution >= 0.6 is 11.6 Å². The van der Waals surface area contributed by atoms with E-state index in [0.717, 1.165) is 34.6 Å². The molecule has 0 heterocycles. The summed E-state index contributed by atoms with van der Waals surface area (Å²) in [4.78, 5) is 0. The van der Waals surface area contributed by atoms with E-state index >= 15 is 0 Å². The van der Waals surface area contributed by atoms with E-state index in [-0.39, 0.29) is 0 Å². The fourth-order valence-corrected chi connectivity index (χ4v) is 4.09. The van der Waals surface area contributed by atoms with Gasteiger partial charge in [0.2, 0.25) is 0 Å². The average Bonchev–Trinajstić information content (AvgIpc) is 2.02. The van der Waals surface area contributed by atoms with Gasteiger partial charge in [0.05, 0.1) is 0 Å². The van der Waals surface area contributed by atoms with Gasteiger partial charge in [-0.05, 0) is 29.6 Å². The van der Waals surface area contributed by atoms with Crippen LogP contribution in [0.15, 0.2) is 35.4 Å². The maximum Gasteiger partial charge on any atom is 0.0187 e. The number of hydrogen-bond donors (Lipinski definition) is 0. The summed E-state index contributed by atoms with van der Waals surface area (Å²) in [5.74, 6) is 4.61. The van der Waals surface area contributed by atoms with Crippen LogP contribution in [0.25, 0.3) is 0 Å². The summed E-state index contributed by atoms with van der Waals surface area (Å²) < 4.78 is 0. The fraction of sp³-hybridized carbons (Fsp3) is 0.500. The third kappa shape index (κ3) is 0.604. The lowest BCUT2D eigenvalue weighted by Crippen LogP contribution is -2.52. The van der Waals surface area contributed by atoms with Crippen molar-refractivity contribution < 1.29 is 0 Å². The molecule has 6 atom stereocenters. The van der Waals surface area contributed by atoms with E-state index in [0.29, 0.717) is 5.92 Å². The van der Waals surface area contributed by atoms with Gasteiger partial charge in [0, 0.05) is 11.0 Å². The van der Waals surface area contributed by atoms with Gasteiger partial charge in [0.1, 0.15) is 0 Å². The van der Waals surface area contributed by atoms with Crippen LogP contribution in [-0.2, 0) is 0 Å². The molecule has 0 aromatic carbocycles. The number of allylic oxidation sites excluding steroid dienone is 6. The SMILES string of the molecule is ClC1=C[C@@H]2[C@H]3C=C[C@@H]([C@@H]4C=C[C@@H]43)[C@@H]12. The van der Waals surface area contributed by atoms with Gasteiger partial charge in [-0.1, -0.05) is 42.0 Å². The van der Waals surface area contributed by atoms with E-state index in [1.165, 1.54) is 0 Å². The molecule has 0 nitrogen and oxygen atoms in total. The molecule has 0 aromatic rings. The topological polar surface area (TPSA) is 0 Å². The van der Waals surface area contributed by atoms with Gasteiger partial charge in [0.15, 0.2) is 0 Å². The van der Waals surface area contributed by atoms with Crippen LogP contribution < -0.4 is 0 Å². The molecule has 0 N–H and O–H groups in total. The van der Waals surface area contributed by atoms with Gasteiger partial charge in [0.25, 0.3) is 0 Å². The fourth-order valence-electron chi connectivity index (χ4n) is 3.65. The highest BCUT2D eigenvalue weighted by molar-refractivity contribution is 6.30. The molecular weight excluding hydrogens is 180 g/mol. The van der Waals surface area contributed by atoms with E-state index in [1.54, 1.807) is 0 Å². The van der Waals surface area contributed by atoms with Crippen LogP contribution in [0.2, 0.25) is 0 Å². The molecular formula is C12H11Cl. The molecule has 2 bridgehead atoms. The number of halogens is 1. The quantitative estimate of drug-likeness (QED) is 0.516. The number of rotatable bonds is 0. The Bertz CT molecular complexity index is 363. The van der Waals surface area contributed by atoms with Gasteiger partial charge in [-0.15, -0.1) is 0 Å². The van der Waals surface area contributed by atoms with Crippen molar-refractivity contribution in [1.82, 2.24) is 0 Å². The van der Waals surface area contributed by atoms with Crippen molar-refractivity contribution >= 4 is 11.6 Å². The summed E-state index contributed by atoms with van der Waals surface area (Å²) in [7, 11) is 0. The zero-order valence-corrected chi connectivity index (χ0v) is 7.98. The van der Waals surface area contributed by atoms with Crippen LogP contribution in [0.4, 0.5) is 0 Å². The molecule has 5 rings (SSSR count). The van der Waals surface area contributed by atoms with Crippen molar-refractivity contribution in [1.29, 1.82) is 0 Å². The second-order valence-electron chi connectivity index (χ2n) is 4.73. The summed E-state index contributed by atoms with van der Waals surface area (Å²) in [6.45, 7) is 0. The smallest absolute Gasteiger partial charge is 0.0187 e. The molecule has 0 aliphatic heterocycles. The molecule has 0 radical (unpaired) electrons. The van der Waals surface area contributed by atoms with E-state index in [4.69, 9.17) is 11.6 Å². The summed E-state index contributed by atoms with van der Waals surface area (Å²) in [6.07, 6.45) is 11.9. The molecule has 66 valence electrons. The van der Waals surface area contributed by atoms with Crippen LogP contribution in [0.1, 0.15) is 0 Å². The molecule has 13 heavy (non-hydrogen) atoms. The van der Waals surface area contributed by atoms with Crippen LogP contribution in [0.5, 0.6) is 0 Å². The van der Waals surface area contributed by atoms with Crippen molar-refractivity contribution in [2.45, 2.75) is 0 Å². The van der Waals surface area contributed by atoms with Gasteiger partial charge in [-0.2, -0.15) is 0 Å². The average molecular weight is 191 g/mol. The standard InChI is InChI=1S/C12H11Cl/c13-11-5-10-8-3-4-9(12(10)11)7-2-1-6(7)8/h1-10,12H/t6-,7+,8-,9-,10+,12+/m0/s1. The second kappa shape index (κ2) is 1.95. The Kier molecular flexibility index (Phi) is 1.04. The van der Waals surface area contributed by atoms with Gasteiger partial charge in [-0.3, -0.25) is 0 Å². The molecule has 0 amide bonds. The normalized spacial score (nSPS) is 59.0. The summed E-state index contributed by atoms with van der Waals surface area (Å²) in [6, 6.07) is 0. The minimum absolute atomic E-state index is 0.683. The first kappa shape index (κ1) is 6.89. The molecule has 5 aliphatic rings. The van der Waals surface area contributed by atoms with Gasteiger partial charge >= 0.3 is 0 Å².